The lowest BCUT2D eigenvalue weighted by atomic mass is 9.64. The fourth-order valence-electron chi connectivity index (χ4n) is 4.00. The molecule has 2 aliphatic rings. The van der Waals surface area contributed by atoms with E-state index in [1.807, 2.05) is 6.07 Å². The quantitative estimate of drug-likeness (QED) is 0.747. The number of hydrogen-bond donors (Lipinski definition) is 2. The van der Waals surface area contributed by atoms with Gasteiger partial charge in [-0.2, -0.15) is 0 Å². The summed E-state index contributed by atoms with van der Waals surface area (Å²) in [5.41, 5.74) is 1.42. The van der Waals surface area contributed by atoms with Crippen LogP contribution in [0.1, 0.15) is 37.7 Å². The Bertz CT molecular complexity index is 709. The second kappa shape index (κ2) is 8.06. The minimum Gasteiger partial charge on any atom is -0.354 e. The van der Waals surface area contributed by atoms with Gasteiger partial charge < -0.3 is 5.32 Å². The van der Waals surface area contributed by atoms with Gasteiger partial charge in [0, 0.05) is 31.1 Å². The first-order valence-electron chi connectivity index (χ1n) is 9.38. The third-order valence-corrected chi connectivity index (χ3v) is 6.42. The zero-order valence-electron chi connectivity index (χ0n) is 15.4. The highest BCUT2D eigenvalue weighted by atomic mass is 32.2. The first-order valence-corrected chi connectivity index (χ1v) is 11.3. The van der Waals surface area contributed by atoms with Crippen LogP contribution in [0.5, 0.6) is 0 Å². The minimum absolute atomic E-state index is 0.0133. The minimum atomic E-state index is -3.16. The molecule has 0 radical (unpaired) electrons. The van der Waals surface area contributed by atoms with Gasteiger partial charge >= 0.3 is 0 Å². The average Bonchev–Trinajstić information content (AvgIpc) is 2.55. The van der Waals surface area contributed by atoms with Crippen molar-refractivity contribution in [3.05, 3.63) is 35.9 Å². The molecule has 26 heavy (non-hydrogen) atoms. The van der Waals surface area contributed by atoms with Gasteiger partial charge in [-0.05, 0) is 31.2 Å². The van der Waals surface area contributed by atoms with E-state index in [-0.39, 0.29) is 17.4 Å². The first-order chi connectivity index (χ1) is 12.4. The van der Waals surface area contributed by atoms with Crippen molar-refractivity contribution >= 4 is 15.9 Å². The summed E-state index contributed by atoms with van der Waals surface area (Å²) in [4.78, 5) is 14.5. The summed E-state index contributed by atoms with van der Waals surface area (Å²) in [5.74, 6) is 0.0572. The van der Waals surface area contributed by atoms with Gasteiger partial charge in [0.2, 0.25) is 15.9 Å². The number of carbonyl (C=O) groups excluding carboxylic acids is 1. The molecule has 1 saturated heterocycles. The molecule has 0 bridgehead atoms. The van der Waals surface area contributed by atoms with E-state index < -0.39 is 10.0 Å². The summed E-state index contributed by atoms with van der Waals surface area (Å²) in [6, 6.07) is 10.4. The van der Waals surface area contributed by atoms with E-state index in [2.05, 4.69) is 39.2 Å². The zero-order chi connectivity index (χ0) is 18.6. The Hall–Kier alpha value is -1.44. The maximum absolute atomic E-state index is 12.4. The van der Waals surface area contributed by atoms with Crippen molar-refractivity contribution in [2.45, 2.75) is 43.6 Å². The van der Waals surface area contributed by atoms with Crippen LogP contribution in [0.2, 0.25) is 0 Å². The fourth-order valence-corrected chi connectivity index (χ4v) is 4.84. The maximum atomic E-state index is 12.4. The van der Waals surface area contributed by atoms with Crippen LogP contribution in [-0.2, 0) is 20.2 Å². The van der Waals surface area contributed by atoms with E-state index in [4.69, 9.17) is 0 Å². The predicted molar refractivity (Wildman–Crippen MR) is 102 cm³/mol. The van der Waals surface area contributed by atoms with E-state index in [0.717, 1.165) is 38.8 Å². The number of nitrogens with zero attached hydrogens (tertiary/aromatic N) is 1. The topological polar surface area (TPSA) is 78.5 Å². The molecule has 0 aromatic heterocycles. The van der Waals surface area contributed by atoms with Gasteiger partial charge in [0.25, 0.3) is 0 Å². The lowest BCUT2D eigenvalue weighted by molar-refractivity contribution is -0.123. The highest BCUT2D eigenvalue weighted by Crippen LogP contribution is 2.43. The predicted octanol–water partition coefficient (Wildman–Crippen LogP) is 1.24. The van der Waals surface area contributed by atoms with Gasteiger partial charge in [-0.3, -0.25) is 9.69 Å². The van der Waals surface area contributed by atoms with Crippen LogP contribution in [-0.4, -0.2) is 57.7 Å². The number of likely N-dealkylation sites (tertiary alicyclic amines) is 1. The molecule has 2 N–H and O–H groups in total. The molecular weight excluding hydrogens is 350 g/mol. The van der Waals surface area contributed by atoms with Gasteiger partial charge in [-0.15, -0.1) is 0 Å². The molecule has 2 fully saturated rings. The SMILES string of the molecule is CS(=O)(=O)NC1CCN(CC(=O)NCC2(c3ccccc3)CCC2)CC1. The van der Waals surface area contributed by atoms with E-state index in [1.54, 1.807) is 0 Å². The molecule has 3 rings (SSSR count). The van der Waals surface area contributed by atoms with E-state index in [9.17, 15) is 13.2 Å². The molecule has 0 unspecified atom stereocenters. The molecule has 1 heterocycles. The van der Waals surface area contributed by atoms with Crippen LogP contribution in [0.4, 0.5) is 0 Å². The fraction of sp³-hybridized carbons (Fsp3) is 0.632. The second-order valence-corrected chi connectivity index (χ2v) is 9.50. The zero-order valence-corrected chi connectivity index (χ0v) is 16.2. The number of hydrogen-bond acceptors (Lipinski definition) is 4. The van der Waals surface area contributed by atoms with Crippen LogP contribution in [0.25, 0.3) is 0 Å². The standard InChI is InChI=1S/C19H29N3O3S/c1-26(24,25)21-17-8-12-22(13-9-17)14-18(23)20-15-19(10-5-11-19)16-6-3-2-4-7-16/h2-4,6-7,17,21H,5,8-15H2,1H3,(H,20,23). The van der Waals surface area contributed by atoms with Crippen molar-refractivity contribution in [3.63, 3.8) is 0 Å². The lowest BCUT2D eigenvalue weighted by Crippen LogP contribution is -2.50. The molecule has 1 saturated carbocycles. The van der Waals surface area contributed by atoms with Crippen molar-refractivity contribution in [1.82, 2.24) is 14.9 Å². The maximum Gasteiger partial charge on any atom is 0.234 e. The van der Waals surface area contributed by atoms with E-state index >= 15 is 0 Å². The molecule has 1 aromatic carbocycles. The highest BCUT2D eigenvalue weighted by molar-refractivity contribution is 7.88. The Morgan fingerprint density at radius 1 is 1.19 bits per heavy atom. The molecule has 1 amide bonds. The van der Waals surface area contributed by atoms with Gasteiger partial charge in [0.1, 0.15) is 0 Å². The molecule has 144 valence electrons. The molecular formula is C19H29N3O3S. The van der Waals surface area contributed by atoms with Gasteiger partial charge in [0.05, 0.1) is 12.8 Å². The van der Waals surface area contributed by atoms with Gasteiger partial charge in [-0.1, -0.05) is 36.8 Å². The van der Waals surface area contributed by atoms with Crippen LogP contribution >= 0.6 is 0 Å². The van der Waals surface area contributed by atoms with Crippen LogP contribution < -0.4 is 10.0 Å². The van der Waals surface area contributed by atoms with Crippen molar-refractivity contribution in [2.75, 3.05) is 32.4 Å². The summed E-state index contributed by atoms with van der Waals surface area (Å²) in [5, 5.41) is 3.13. The van der Waals surface area contributed by atoms with Crippen molar-refractivity contribution in [1.29, 1.82) is 0 Å². The van der Waals surface area contributed by atoms with Crippen molar-refractivity contribution in [3.8, 4) is 0 Å². The molecule has 1 aliphatic carbocycles. The summed E-state index contributed by atoms with van der Waals surface area (Å²) in [7, 11) is -3.16. The van der Waals surface area contributed by atoms with Crippen LogP contribution in [0.3, 0.4) is 0 Å². The lowest BCUT2D eigenvalue weighted by Gasteiger charge is -2.42. The molecule has 6 nitrogen and oxygen atoms in total. The average molecular weight is 380 g/mol. The normalized spacial score (nSPS) is 21.1. The monoisotopic (exact) mass is 379 g/mol. The summed E-state index contributed by atoms with van der Waals surface area (Å²) in [6.45, 7) is 2.56. The van der Waals surface area contributed by atoms with Crippen molar-refractivity contribution < 1.29 is 13.2 Å². The molecule has 0 spiro atoms. The van der Waals surface area contributed by atoms with Crippen molar-refractivity contribution in [2.24, 2.45) is 0 Å². The Kier molecular flexibility index (Phi) is 5.99. The second-order valence-electron chi connectivity index (χ2n) is 7.72. The number of benzene rings is 1. The Morgan fingerprint density at radius 3 is 2.38 bits per heavy atom. The number of nitrogens with one attached hydrogen (secondary N) is 2. The summed E-state index contributed by atoms with van der Waals surface area (Å²) < 4.78 is 25.3. The van der Waals surface area contributed by atoms with Gasteiger partial charge in [0.15, 0.2) is 0 Å². The van der Waals surface area contributed by atoms with E-state index in [0.29, 0.717) is 13.1 Å². The Balaban J connectivity index is 1.44. The summed E-state index contributed by atoms with van der Waals surface area (Å²) >= 11 is 0. The number of sulfonamides is 1. The number of rotatable bonds is 7. The van der Waals surface area contributed by atoms with Crippen LogP contribution in [0, 0.1) is 0 Å². The molecule has 7 heteroatoms. The third-order valence-electron chi connectivity index (χ3n) is 5.66. The van der Waals surface area contributed by atoms with Crippen LogP contribution in [0.15, 0.2) is 30.3 Å². The first kappa shape index (κ1) is 19.3. The number of carbonyl (C=O) groups is 1. The largest absolute Gasteiger partial charge is 0.354 e. The smallest absolute Gasteiger partial charge is 0.234 e. The van der Waals surface area contributed by atoms with E-state index in [1.165, 1.54) is 18.2 Å². The summed E-state index contributed by atoms with van der Waals surface area (Å²) in [6.07, 6.45) is 6.14. The molecule has 1 aliphatic heterocycles. The molecule has 0 atom stereocenters. The molecule has 1 aromatic rings. The number of amides is 1. The highest BCUT2D eigenvalue weighted by Gasteiger charge is 2.38. The Morgan fingerprint density at radius 2 is 1.85 bits per heavy atom. The number of piperidine rings is 1. The Labute approximate surface area is 156 Å². The third kappa shape index (κ3) is 5.05. The van der Waals surface area contributed by atoms with Gasteiger partial charge in [-0.25, -0.2) is 13.1 Å².